The van der Waals surface area contributed by atoms with Crippen LogP contribution in [0.2, 0.25) is 0 Å². The average molecular weight is 480 g/mol. The van der Waals surface area contributed by atoms with Gasteiger partial charge in [0.2, 0.25) is 0 Å². The molecule has 176 valence electrons. The van der Waals surface area contributed by atoms with Crippen molar-refractivity contribution >= 4 is 22.4 Å². The van der Waals surface area contributed by atoms with Crippen LogP contribution in [-0.2, 0) is 23.9 Å². The molecular formula is C22H24F3N5O2S. The van der Waals surface area contributed by atoms with Crippen molar-refractivity contribution < 1.29 is 22.7 Å². The van der Waals surface area contributed by atoms with Crippen LogP contribution in [0.4, 0.5) is 18.3 Å². The van der Waals surface area contributed by atoms with Crippen molar-refractivity contribution in [2.45, 2.75) is 26.1 Å². The van der Waals surface area contributed by atoms with Crippen LogP contribution < -0.4 is 5.32 Å². The van der Waals surface area contributed by atoms with Crippen molar-refractivity contribution in [3.05, 3.63) is 63.9 Å². The van der Waals surface area contributed by atoms with Crippen LogP contribution in [0, 0.1) is 6.92 Å². The summed E-state index contributed by atoms with van der Waals surface area (Å²) in [4.78, 5) is 20.0. The summed E-state index contributed by atoms with van der Waals surface area (Å²) in [6.45, 7) is 6.70. The van der Waals surface area contributed by atoms with Gasteiger partial charge in [-0.2, -0.15) is 18.3 Å². The molecule has 0 atom stereocenters. The van der Waals surface area contributed by atoms with Gasteiger partial charge in [0.05, 0.1) is 25.3 Å². The van der Waals surface area contributed by atoms with Crippen molar-refractivity contribution in [2.24, 2.45) is 0 Å². The summed E-state index contributed by atoms with van der Waals surface area (Å²) in [5, 5.41) is 7.60. The van der Waals surface area contributed by atoms with E-state index in [-0.39, 0.29) is 5.91 Å². The number of nitrogens with zero attached hydrogens (tertiary/aromatic N) is 4. The van der Waals surface area contributed by atoms with E-state index in [1.807, 2.05) is 11.6 Å². The Morgan fingerprint density at radius 1 is 1.18 bits per heavy atom. The number of morpholine rings is 1. The number of nitrogens with one attached hydrogen (secondary N) is 1. The second kappa shape index (κ2) is 10.0. The number of rotatable bonds is 7. The Balaban J connectivity index is 1.33. The van der Waals surface area contributed by atoms with Crippen LogP contribution >= 0.6 is 11.3 Å². The van der Waals surface area contributed by atoms with E-state index in [0.29, 0.717) is 23.8 Å². The van der Waals surface area contributed by atoms with E-state index in [1.54, 1.807) is 12.3 Å². The first-order chi connectivity index (χ1) is 15.8. The van der Waals surface area contributed by atoms with E-state index in [4.69, 9.17) is 4.74 Å². The third-order valence-electron chi connectivity index (χ3n) is 5.38. The molecule has 3 aromatic rings. The van der Waals surface area contributed by atoms with Crippen molar-refractivity contribution in [2.75, 3.05) is 38.2 Å². The van der Waals surface area contributed by atoms with Gasteiger partial charge in [-0.3, -0.25) is 19.7 Å². The molecular weight excluding hydrogens is 455 g/mol. The maximum absolute atomic E-state index is 12.7. The predicted octanol–water partition coefficient (Wildman–Crippen LogP) is 3.84. The molecule has 0 radical (unpaired) electrons. The van der Waals surface area contributed by atoms with E-state index in [2.05, 4.69) is 20.3 Å². The summed E-state index contributed by atoms with van der Waals surface area (Å²) in [5.41, 5.74) is 1.27. The molecule has 0 unspecified atom stereocenters. The molecule has 1 aliphatic heterocycles. The molecule has 1 aliphatic rings. The smallest absolute Gasteiger partial charge is 0.379 e. The number of halogens is 3. The third-order valence-corrected chi connectivity index (χ3v) is 6.29. The number of thiazole rings is 1. The van der Waals surface area contributed by atoms with Crippen LogP contribution in [0.1, 0.15) is 32.2 Å². The Labute approximate surface area is 193 Å². The van der Waals surface area contributed by atoms with E-state index in [0.717, 1.165) is 61.1 Å². The molecule has 0 aliphatic carbocycles. The van der Waals surface area contributed by atoms with Gasteiger partial charge in [0.25, 0.3) is 5.91 Å². The molecule has 1 aromatic carbocycles. The molecule has 1 fully saturated rings. The number of hydrogen-bond donors (Lipinski definition) is 1. The Morgan fingerprint density at radius 2 is 1.91 bits per heavy atom. The Bertz CT molecular complexity index is 1090. The third kappa shape index (κ3) is 6.18. The second-order valence-electron chi connectivity index (χ2n) is 7.81. The molecule has 1 amide bonds. The average Bonchev–Trinajstić information content (AvgIpc) is 3.38. The first-order valence-electron chi connectivity index (χ1n) is 10.5. The number of alkyl halides is 3. The molecule has 3 heterocycles. The monoisotopic (exact) mass is 479 g/mol. The summed E-state index contributed by atoms with van der Waals surface area (Å²) in [6.07, 6.45) is -2.31. The van der Waals surface area contributed by atoms with Gasteiger partial charge in [-0.25, -0.2) is 4.98 Å². The highest BCUT2D eigenvalue weighted by molar-refractivity contribution is 7.15. The highest BCUT2D eigenvalue weighted by atomic mass is 32.1. The van der Waals surface area contributed by atoms with Crippen LogP contribution in [-0.4, -0.2) is 58.4 Å². The van der Waals surface area contributed by atoms with E-state index in [9.17, 15) is 18.0 Å². The van der Waals surface area contributed by atoms with Gasteiger partial charge >= 0.3 is 6.18 Å². The second-order valence-corrected chi connectivity index (χ2v) is 8.92. The van der Waals surface area contributed by atoms with Gasteiger partial charge < -0.3 is 4.74 Å². The van der Waals surface area contributed by atoms with Crippen molar-refractivity contribution in [1.29, 1.82) is 0 Å². The molecule has 1 N–H and O–H groups in total. The first kappa shape index (κ1) is 23.4. The molecule has 2 aromatic heterocycles. The van der Waals surface area contributed by atoms with Gasteiger partial charge in [0.1, 0.15) is 0 Å². The number of benzene rings is 1. The number of aromatic nitrogens is 3. The molecule has 0 bridgehead atoms. The maximum Gasteiger partial charge on any atom is 0.416 e. The number of carbonyl (C=O) groups is 1. The lowest BCUT2D eigenvalue weighted by Gasteiger charge is -2.26. The standard InChI is InChI=1S/C22H24F3N5O2S/c1-15-12-19(28-30(15)7-6-29-8-10-32-11-9-29)20(31)27-21-26-14-18(33-21)13-16-2-4-17(5-3-16)22(23,24)25/h2-5,12,14H,6-11,13H2,1H3,(H,26,27,31). The summed E-state index contributed by atoms with van der Waals surface area (Å²) >= 11 is 1.28. The van der Waals surface area contributed by atoms with Crippen molar-refractivity contribution in [1.82, 2.24) is 19.7 Å². The normalized spacial score (nSPS) is 15.0. The van der Waals surface area contributed by atoms with Gasteiger partial charge in [0, 0.05) is 42.8 Å². The fourth-order valence-corrected chi connectivity index (χ4v) is 4.37. The Kier molecular flexibility index (Phi) is 7.11. The number of anilines is 1. The maximum atomic E-state index is 12.7. The van der Waals surface area contributed by atoms with Gasteiger partial charge in [-0.15, -0.1) is 11.3 Å². The van der Waals surface area contributed by atoms with Crippen molar-refractivity contribution in [3.8, 4) is 0 Å². The lowest BCUT2D eigenvalue weighted by Crippen LogP contribution is -2.38. The SMILES string of the molecule is Cc1cc(C(=O)Nc2ncc(Cc3ccc(C(F)(F)F)cc3)s2)nn1CCN1CCOCC1. The van der Waals surface area contributed by atoms with Gasteiger partial charge in [0.15, 0.2) is 10.8 Å². The van der Waals surface area contributed by atoms with Gasteiger partial charge in [-0.05, 0) is 30.7 Å². The zero-order valence-corrected chi connectivity index (χ0v) is 18.9. The molecule has 11 heteroatoms. The van der Waals surface area contributed by atoms with Crippen LogP contribution in [0.5, 0.6) is 0 Å². The Morgan fingerprint density at radius 3 is 2.61 bits per heavy atom. The number of ether oxygens (including phenoxy) is 1. The topological polar surface area (TPSA) is 72.3 Å². The number of carbonyl (C=O) groups excluding carboxylic acids is 1. The lowest BCUT2D eigenvalue weighted by atomic mass is 10.1. The minimum absolute atomic E-state index is 0.314. The minimum atomic E-state index is -4.35. The van der Waals surface area contributed by atoms with Crippen LogP contribution in [0.25, 0.3) is 0 Å². The molecule has 0 saturated carbocycles. The quantitative estimate of drug-likeness (QED) is 0.558. The van der Waals surface area contributed by atoms with Crippen LogP contribution in [0.15, 0.2) is 36.5 Å². The molecule has 4 rings (SSSR count). The number of hydrogen-bond acceptors (Lipinski definition) is 6. The van der Waals surface area contributed by atoms with Crippen LogP contribution in [0.3, 0.4) is 0 Å². The molecule has 1 saturated heterocycles. The molecule has 33 heavy (non-hydrogen) atoms. The van der Waals surface area contributed by atoms with E-state index in [1.165, 1.54) is 23.5 Å². The summed E-state index contributed by atoms with van der Waals surface area (Å²) in [6, 6.07) is 6.78. The summed E-state index contributed by atoms with van der Waals surface area (Å²) in [5.74, 6) is -0.348. The lowest BCUT2D eigenvalue weighted by molar-refractivity contribution is -0.137. The predicted molar refractivity (Wildman–Crippen MR) is 119 cm³/mol. The fourth-order valence-electron chi connectivity index (χ4n) is 3.53. The zero-order chi connectivity index (χ0) is 23.4. The number of aryl methyl sites for hydroxylation is 1. The van der Waals surface area contributed by atoms with E-state index < -0.39 is 11.7 Å². The summed E-state index contributed by atoms with van der Waals surface area (Å²) in [7, 11) is 0. The summed E-state index contributed by atoms with van der Waals surface area (Å²) < 4.78 is 45.3. The largest absolute Gasteiger partial charge is 0.416 e. The minimum Gasteiger partial charge on any atom is -0.379 e. The van der Waals surface area contributed by atoms with Crippen molar-refractivity contribution in [3.63, 3.8) is 0 Å². The van der Waals surface area contributed by atoms with Gasteiger partial charge in [-0.1, -0.05) is 12.1 Å². The first-order valence-corrected chi connectivity index (χ1v) is 11.4. The zero-order valence-electron chi connectivity index (χ0n) is 18.1. The highest BCUT2D eigenvalue weighted by Crippen LogP contribution is 2.30. The molecule has 0 spiro atoms. The Hall–Kier alpha value is -2.76. The highest BCUT2D eigenvalue weighted by Gasteiger charge is 2.29. The van der Waals surface area contributed by atoms with E-state index >= 15 is 0 Å². The number of amides is 1. The fraction of sp³-hybridized carbons (Fsp3) is 0.409. The molecule has 7 nitrogen and oxygen atoms in total.